The molecule has 11 heteroatoms. The second-order valence-electron chi connectivity index (χ2n) is 6.56. The number of carbonyl (C=O) groups excluding carboxylic acids is 2. The van der Waals surface area contributed by atoms with E-state index < -0.39 is 6.04 Å². The average molecular weight is 482 g/mol. The molecule has 0 aliphatic carbocycles. The summed E-state index contributed by atoms with van der Waals surface area (Å²) in [4.78, 5) is 24.6. The van der Waals surface area contributed by atoms with Gasteiger partial charge in [-0.25, -0.2) is 4.39 Å². The minimum atomic E-state index is -0.459. The van der Waals surface area contributed by atoms with E-state index in [4.69, 9.17) is 23.2 Å². The predicted molar refractivity (Wildman–Crippen MR) is 119 cm³/mol. The molecular formula is C20H18Cl2FN5O2S. The lowest BCUT2D eigenvalue weighted by molar-refractivity contribution is -0.113. The van der Waals surface area contributed by atoms with Crippen molar-refractivity contribution in [1.82, 2.24) is 20.1 Å². The van der Waals surface area contributed by atoms with Crippen molar-refractivity contribution in [3.05, 3.63) is 69.7 Å². The van der Waals surface area contributed by atoms with Gasteiger partial charge in [-0.3, -0.25) is 9.59 Å². The molecule has 1 atom stereocenters. The van der Waals surface area contributed by atoms with Crippen LogP contribution in [-0.2, 0) is 11.8 Å². The molecule has 31 heavy (non-hydrogen) atoms. The summed E-state index contributed by atoms with van der Waals surface area (Å²) in [5, 5.41) is 14.9. The van der Waals surface area contributed by atoms with E-state index in [2.05, 4.69) is 20.8 Å². The van der Waals surface area contributed by atoms with Crippen LogP contribution in [0.5, 0.6) is 0 Å². The van der Waals surface area contributed by atoms with E-state index in [0.29, 0.717) is 27.3 Å². The van der Waals surface area contributed by atoms with E-state index in [1.807, 2.05) is 0 Å². The third kappa shape index (κ3) is 5.96. The molecule has 2 aromatic carbocycles. The first-order valence-electron chi connectivity index (χ1n) is 9.08. The smallest absolute Gasteiger partial charge is 0.253 e. The summed E-state index contributed by atoms with van der Waals surface area (Å²) in [6, 6.07) is 9.67. The molecule has 0 radical (unpaired) electrons. The molecule has 0 aliphatic heterocycles. The van der Waals surface area contributed by atoms with Crippen LogP contribution in [0.2, 0.25) is 10.0 Å². The van der Waals surface area contributed by atoms with Gasteiger partial charge in [-0.05, 0) is 49.4 Å². The Morgan fingerprint density at radius 1 is 1.16 bits per heavy atom. The van der Waals surface area contributed by atoms with Crippen molar-refractivity contribution in [3.63, 3.8) is 0 Å². The van der Waals surface area contributed by atoms with E-state index in [-0.39, 0.29) is 28.4 Å². The van der Waals surface area contributed by atoms with Crippen molar-refractivity contribution >= 4 is 52.5 Å². The van der Waals surface area contributed by atoms with Crippen LogP contribution in [0.3, 0.4) is 0 Å². The third-order valence-corrected chi connectivity index (χ3v) is 5.81. The molecule has 3 aromatic rings. The van der Waals surface area contributed by atoms with Gasteiger partial charge in [0.15, 0.2) is 11.0 Å². The Kier molecular flexibility index (Phi) is 7.53. The fraction of sp³-hybridized carbons (Fsp3) is 0.200. The maximum atomic E-state index is 12.9. The minimum absolute atomic E-state index is 0.0878. The predicted octanol–water partition coefficient (Wildman–Crippen LogP) is 4.48. The highest BCUT2D eigenvalue weighted by Gasteiger charge is 2.20. The molecule has 1 aromatic heterocycles. The van der Waals surface area contributed by atoms with E-state index in [9.17, 15) is 14.0 Å². The van der Waals surface area contributed by atoms with E-state index in [1.165, 1.54) is 42.1 Å². The lowest BCUT2D eigenvalue weighted by atomic mass is 10.2. The monoisotopic (exact) mass is 481 g/mol. The lowest BCUT2D eigenvalue weighted by Gasteiger charge is -2.14. The Hall–Kier alpha value is -2.62. The van der Waals surface area contributed by atoms with Crippen molar-refractivity contribution in [2.24, 2.45) is 7.05 Å². The summed E-state index contributed by atoms with van der Waals surface area (Å²) >= 11 is 13.1. The molecular weight excluding hydrogens is 464 g/mol. The van der Waals surface area contributed by atoms with Gasteiger partial charge in [-0.15, -0.1) is 10.2 Å². The normalized spacial score (nSPS) is 11.8. The third-order valence-electron chi connectivity index (χ3n) is 4.24. The van der Waals surface area contributed by atoms with Gasteiger partial charge in [0.1, 0.15) is 5.82 Å². The second kappa shape index (κ2) is 10.1. The molecule has 7 nitrogen and oxygen atoms in total. The van der Waals surface area contributed by atoms with Crippen LogP contribution in [-0.4, -0.2) is 32.3 Å². The first kappa shape index (κ1) is 23.1. The average Bonchev–Trinajstić information content (AvgIpc) is 3.08. The lowest BCUT2D eigenvalue weighted by Crippen LogP contribution is -2.28. The highest BCUT2D eigenvalue weighted by Crippen LogP contribution is 2.23. The van der Waals surface area contributed by atoms with Gasteiger partial charge in [-0.1, -0.05) is 35.0 Å². The van der Waals surface area contributed by atoms with Crippen LogP contribution in [0, 0.1) is 5.82 Å². The quantitative estimate of drug-likeness (QED) is 0.485. The Labute approximate surface area is 192 Å². The number of thioether (sulfide) groups is 1. The fourth-order valence-corrected chi connectivity index (χ4v) is 3.91. The van der Waals surface area contributed by atoms with Gasteiger partial charge in [0, 0.05) is 17.8 Å². The molecule has 2 N–H and O–H groups in total. The standard InChI is InChI=1S/C20H18Cl2FN5O2S/c1-11(24-19(30)15-8-3-12(21)9-16(15)22)18-26-27-20(28(18)2)31-10-17(29)25-14-6-4-13(23)5-7-14/h3-9,11H,10H2,1-2H3,(H,24,30)(H,25,29). The first-order valence-corrected chi connectivity index (χ1v) is 10.8. The first-order chi connectivity index (χ1) is 14.7. The van der Waals surface area contributed by atoms with Crippen LogP contribution in [0.15, 0.2) is 47.6 Å². The Morgan fingerprint density at radius 3 is 2.55 bits per heavy atom. The van der Waals surface area contributed by atoms with Crippen molar-refractivity contribution in [2.45, 2.75) is 18.1 Å². The Morgan fingerprint density at radius 2 is 1.87 bits per heavy atom. The number of benzene rings is 2. The molecule has 0 spiro atoms. The summed E-state index contributed by atoms with van der Waals surface area (Å²) < 4.78 is 14.6. The molecule has 0 saturated heterocycles. The molecule has 162 valence electrons. The summed E-state index contributed by atoms with van der Waals surface area (Å²) in [5.74, 6) is -0.409. The maximum Gasteiger partial charge on any atom is 0.253 e. The van der Waals surface area contributed by atoms with E-state index in [1.54, 1.807) is 30.7 Å². The number of nitrogens with one attached hydrogen (secondary N) is 2. The van der Waals surface area contributed by atoms with Crippen LogP contribution in [0.25, 0.3) is 0 Å². The van der Waals surface area contributed by atoms with Gasteiger partial charge in [0.05, 0.1) is 22.4 Å². The molecule has 1 heterocycles. The van der Waals surface area contributed by atoms with Gasteiger partial charge in [0.2, 0.25) is 5.91 Å². The number of amides is 2. The molecule has 1 unspecified atom stereocenters. The number of nitrogens with zero attached hydrogens (tertiary/aromatic N) is 3. The molecule has 3 rings (SSSR count). The number of rotatable bonds is 7. The number of carbonyl (C=O) groups is 2. The zero-order valence-electron chi connectivity index (χ0n) is 16.5. The van der Waals surface area contributed by atoms with Crippen LogP contribution in [0.4, 0.5) is 10.1 Å². The van der Waals surface area contributed by atoms with Crippen molar-refractivity contribution in [2.75, 3.05) is 11.1 Å². The maximum absolute atomic E-state index is 12.9. The number of hydrogen-bond donors (Lipinski definition) is 2. The van der Waals surface area contributed by atoms with Gasteiger partial charge < -0.3 is 15.2 Å². The van der Waals surface area contributed by atoms with Gasteiger partial charge in [-0.2, -0.15) is 0 Å². The van der Waals surface area contributed by atoms with Crippen LogP contribution in [0.1, 0.15) is 29.1 Å². The van der Waals surface area contributed by atoms with Crippen molar-refractivity contribution in [1.29, 1.82) is 0 Å². The van der Waals surface area contributed by atoms with Crippen LogP contribution >= 0.6 is 35.0 Å². The topological polar surface area (TPSA) is 88.9 Å². The molecule has 0 fully saturated rings. The summed E-state index contributed by atoms with van der Waals surface area (Å²) in [6.07, 6.45) is 0. The fourth-order valence-electron chi connectivity index (χ4n) is 2.70. The molecule has 0 aliphatic rings. The van der Waals surface area contributed by atoms with Crippen LogP contribution < -0.4 is 10.6 Å². The Balaban J connectivity index is 1.59. The number of halogens is 3. The molecule has 0 saturated carbocycles. The van der Waals surface area contributed by atoms with Gasteiger partial charge >= 0.3 is 0 Å². The number of hydrogen-bond acceptors (Lipinski definition) is 5. The summed E-state index contributed by atoms with van der Waals surface area (Å²) in [7, 11) is 1.74. The number of aromatic nitrogens is 3. The zero-order valence-corrected chi connectivity index (χ0v) is 18.9. The highest BCUT2D eigenvalue weighted by molar-refractivity contribution is 7.99. The van der Waals surface area contributed by atoms with E-state index in [0.717, 1.165) is 0 Å². The largest absolute Gasteiger partial charge is 0.342 e. The second-order valence-corrected chi connectivity index (χ2v) is 8.35. The highest BCUT2D eigenvalue weighted by atomic mass is 35.5. The molecule has 2 amide bonds. The minimum Gasteiger partial charge on any atom is -0.342 e. The Bertz CT molecular complexity index is 1110. The van der Waals surface area contributed by atoms with Gasteiger partial charge in [0.25, 0.3) is 5.91 Å². The van der Waals surface area contributed by atoms with Crippen molar-refractivity contribution < 1.29 is 14.0 Å². The SMILES string of the molecule is CC(NC(=O)c1ccc(Cl)cc1Cl)c1nnc(SCC(=O)Nc2ccc(F)cc2)n1C. The summed E-state index contributed by atoms with van der Waals surface area (Å²) in [6.45, 7) is 1.77. The summed E-state index contributed by atoms with van der Waals surface area (Å²) in [5.41, 5.74) is 0.801. The molecule has 0 bridgehead atoms. The van der Waals surface area contributed by atoms with E-state index >= 15 is 0 Å². The van der Waals surface area contributed by atoms with Crippen molar-refractivity contribution in [3.8, 4) is 0 Å². The number of anilines is 1. The zero-order chi connectivity index (χ0) is 22.5.